The first-order valence-electron chi connectivity index (χ1n) is 8.23. The number of aromatic nitrogens is 4. The van der Waals surface area contributed by atoms with Crippen molar-refractivity contribution in [2.24, 2.45) is 0 Å². The Kier molecular flexibility index (Phi) is 5.22. The van der Waals surface area contributed by atoms with Gasteiger partial charge in [0.05, 0.1) is 23.7 Å². The number of fused-ring (bicyclic) bond motifs is 1. The molecule has 0 atom stereocenters. The quantitative estimate of drug-likeness (QED) is 0.722. The number of carbonyl (C=O) groups is 1. The molecule has 1 amide bonds. The van der Waals surface area contributed by atoms with Crippen LogP contribution < -0.4 is 10.6 Å². The number of nitrogens with zero attached hydrogens (tertiary/aromatic N) is 3. The molecule has 132 valence electrons. The fourth-order valence-corrected chi connectivity index (χ4v) is 2.94. The maximum atomic E-state index is 11.3. The van der Waals surface area contributed by atoms with Crippen LogP contribution in [0.3, 0.4) is 0 Å². The number of anilines is 1. The summed E-state index contributed by atoms with van der Waals surface area (Å²) in [6, 6.07) is 1.78. The molecule has 0 spiro atoms. The van der Waals surface area contributed by atoms with Gasteiger partial charge in [0, 0.05) is 6.07 Å². The highest BCUT2D eigenvalue weighted by Crippen LogP contribution is 2.25. The Bertz CT molecular complexity index is 804. The van der Waals surface area contributed by atoms with Crippen LogP contribution in [0.2, 0.25) is 0 Å². The number of carbonyl (C=O) groups excluding carboxylic acids is 1. The molecular weight excluding hydrogens is 340 g/mol. The molecule has 2 aromatic heterocycles. The van der Waals surface area contributed by atoms with E-state index < -0.39 is 6.09 Å². The Hall–Kier alpha value is -2.55. The molecule has 25 heavy (non-hydrogen) atoms. The van der Waals surface area contributed by atoms with E-state index in [1.807, 2.05) is 6.92 Å². The van der Waals surface area contributed by atoms with Gasteiger partial charge in [0.25, 0.3) is 0 Å². The van der Waals surface area contributed by atoms with Gasteiger partial charge in [-0.25, -0.2) is 9.78 Å². The number of alkyl carbamates (subject to hydrolysis) is 1. The SMILES string of the molecule is CCOC(=O)NC(=S)Nc1cc(-c2nc3c(nc2C)CCCC3)n[nH]1. The standard InChI is InChI=1S/C16H20N6O2S/c1-3-24-16(23)20-15(25)19-13-8-12(21-22-13)14-9(2)17-10-6-4-5-7-11(10)18-14/h8H,3-7H2,1-2H3,(H3,19,20,21,22,23,25). The molecule has 0 fully saturated rings. The number of hydrogen-bond donors (Lipinski definition) is 3. The first-order valence-corrected chi connectivity index (χ1v) is 8.64. The molecule has 9 heteroatoms. The molecular formula is C16H20N6O2S. The summed E-state index contributed by atoms with van der Waals surface area (Å²) in [4.78, 5) is 20.8. The minimum atomic E-state index is -0.601. The number of hydrogen-bond acceptors (Lipinski definition) is 6. The lowest BCUT2D eigenvalue weighted by molar-refractivity contribution is 0.158. The lowest BCUT2D eigenvalue weighted by Crippen LogP contribution is -2.34. The van der Waals surface area contributed by atoms with E-state index >= 15 is 0 Å². The summed E-state index contributed by atoms with van der Waals surface area (Å²) in [5, 5.41) is 12.5. The third-order valence-corrected chi connectivity index (χ3v) is 4.07. The van der Waals surface area contributed by atoms with Gasteiger partial charge in [-0.2, -0.15) is 5.10 Å². The number of aryl methyl sites for hydroxylation is 3. The van der Waals surface area contributed by atoms with Crippen molar-refractivity contribution in [1.82, 2.24) is 25.5 Å². The Morgan fingerprint density at radius 2 is 2.04 bits per heavy atom. The van der Waals surface area contributed by atoms with Crippen LogP contribution in [0.25, 0.3) is 11.4 Å². The number of H-pyrrole nitrogens is 1. The molecule has 3 N–H and O–H groups in total. The maximum Gasteiger partial charge on any atom is 0.413 e. The zero-order chi connectivity index (χ0) is 17.8. The van der Waals surface area contributed by atoms with Gasteiger partial charge in [-0.1, -0.05) is 0 Å². The topological polar surface area (TPSA) is 105 Å². The third-order valence-electron chi connectivity index (χ3n) is 3.86. The first-order chi connectivity index (χ1) is 12.1. The molecule has 0 aliphatic heterocycles. The molecule has 8 nitrogen and oxygen atoms in total. The zero-order valence-corrected chi connectivity index (χ0v) is 15.0. The van der Waals surface area contributed by atoms with Crippen LogP contribution in [0.15, 0.2) is 6.07 Å². The van der Waals surface area contributed by atoms with Gasteiger partial charge < -0.3 is 10.1 Å². The van der Waals surface area contributed by atoms with E-state index in [0.717, 1.165) is 42.0 Å². The van der Waals surface area contributed by atoms with Crippen LogP contribution in [0, 0.1) is 6.92 Å². The van der Waals surface area contributed by atoms with Gasteiger partial charge >= 0.3 is 6.09 Å². The van der Waals surface area contributed by atoms with Gasteiger partial charge in [0.15, 0.2) is 5.11 Å². The summed E-state index contributed by atoms with van der Waals surface area (Å²) in [7, 11) is 0. The molecule has 0 aromatic carbocycles. The average molecular weight is 360 g/mol. The third kappa shape index (κ3) is 4.11. The predicted molar refractivity (Wildman–Crippen MR) is 97.4 cm³/mol. The van der Waals surface area contributed by atoms with Crippen LogP contribution in [-0.2, 0) is 17.6 Å². The summed E-state index contributed by atoms with van der Waals surface area (Å²) in [6.45, 7) is 3.93. The smallest absolute Gasteiger partial charge is 0.413 e. The maximum absolute atomic E-state index is 11.3. The molecule has 0 saturated carbocycles. The number of rotatable bonds is 3. The molecule has 2 aromatic rings. The van der Waals surface area contributed by atoms with Gasteiger partial charge in [-0.3, -0.25) is 15.4 Å². The summed E-state index contributed by atoms with van der Waals surface area (Å²) in [5.41, 5.74) is 4.45. The molecule has 0 saturated heterocycles. The predicted octanol–water partition coefficient (Wildman–Crippen LogP) is 2.50. The highest BCUT2D eigenvalue weighted by atomic mass is 32.1. The summed E-state index contributed by atoms with van der Waals surface area (Å²) < 4.78 is 4.77. The summed E-state index contributed by atoms with van der Waals surface area (Å²) in [6.07, 6.45) is 3.66. The number of nitrogens with one attached hydrogen (secondary N) is 3. The summed E-state index contributed by atoms with van der Waals surface area (Å²) in [5.74, 6) is 0.552. The van der Waals surface area contributed by atoms with Crippen LogP contribution in [0.5, 0.6) is 0 Å². The fourth-order valence-electron chi connectivity index (χ4n) is 2.75. The van der Waals surface area contributed by atoms with Crippen molar-refractivity contribution < 1.29 is 9.53 Å². The van der Waals surface area contributed by atoms with Crippen molar-refractivity contribution in [3.63, 3.8) is 0 Å². The van der Waals surface area contributed by atoms with Crippen molar-refractivity contribution in [1.29, 1.82) is 0 Å². The van der Waals surface area contributed by atoms with E-state index in [9.17, 15) is 4.79 Å². The molecule has 0 unspecified atom stereocenters. The average Bonchev–Trinajstić information content (AvgIpc) is 3.02. The van der Waals surface area contributed by atoms with E-state index in [1.165, 1.54) is 6.42 Å². The van der Waals surface area contributed by atoms with Crippen molar-refractivity contribution >= 4 is 29.2 Å². The second-order valence-corrected chi connectivity index (χ2v) is 6.13. The van der Waals surface area contributed by atoms with Crippen LogP contribution in [0.1, 0.15) is 36.8 Å². The molecule has 3 rings (SSSR count). The van der Waals surface area contributed by atoms with Gasteiger partial charge in [0.2, 0.25) is 0 Å². The number of thiocarbonyl (C=S) groups is 1. The summed E-state index contributed by atoms with van der Waals surface area (Å²) >= 11 is 5.06. The zero-order valence-electron chi connectivity index (χ0n) is 14.2. The number of amides is 1. The molecule has 2 heterocycles. The normalized spacial score (nSPS) is 13.0. The fraction of sp³-hybridized carbons (Fsp3) is 0.438. The molecule has 1 aliphatic rings. The van der Waals surface area contributed by atoms with E-state index in [-0.39, 0.29) is 11.7 Å². The second-order valence-electron chi connectivity index (χ2n) is 5.72. The highest BCUT2D eigenvalue weighted by Gasteiger charge is 2.17. The van der Waals surface area contributed by atoms with Crippen molar-refractivity contribution in [3.05, 3.63) is 23.1 Å². The minimum Gasteiger partial charge on any atom is -0.450 e. The largest absolute Gasteiger partial charge is 0.450 e. The van der Waals surface area contributed by atoms with E-state index in [2.05, 4.69) is 25.8 Å². The van der Waals surface area contributed by atoms with Crippen LogP contribution in [-0.4, -0.2) is 38.0 Å². The monoisotopic (exact) mass is 360 g/mol. The van der Waals surface area contributed by atoms with Crippen molar-refractivity contribution in [2.45, 2.75) is 39.5 Å². The van der Waals surface area contributed by atoms with Gasteiger partial charge in [-0.05, 0) is 51.7 Å². The van der Waals surface area contributed by atoms with E-state index in [4.69, 9.17) is 21.9 Å². The molecule has 1 aliphatic carbocycles. The van der Waals surface area contributed by atoms with E-state index in [0.29, 0.717) is 11.5 Å². The number of ether oxygens (including phenoxy) is 1. The minimum absolute atomic E-state index is 0.127. The highest BCUT2D eigenvalue weighted by molar-refractivity contribution is 7.80. The van der Waals surface area contributed by atoms with Gasteiger partial charge in [0.1, 0.15) is 17.2 Å². The first kappa shape index (κ1) is 17.3. The molecule has 0 radical (unpaired) electrons. The Morgan fingerprint density at radius 3 is 2.76 bits per heavy atom. The van der Waals surface area contributed by atoms with Crippen LogP contribution >= 0.6 is 12.2 Å². The number of aromatic amines is 1. The van der Waals surface area contributed by atoms with Crippen molar-refractivity contribution in [3.8, 4) is 11.4 Å². The molecule has 0 bridgehead atoms. The van der Waals surface area contributed by atoms with E-state index in [1.54, 1.807) is 13.0 Å². The van der Waals surface area contributed by atoms with Crippen LogP contribution in [0.4, 0.5) is 10.6 Å². The lowest BCUT2D eigenvalue weighted by atomic mass is 10.00. The van der Waals surface area contributed by atoms with Gasteiger partial charge in [-0.15, -0.1) is 0 Å². The second kappa shape index (κ2) is 7.56. The van der Waals surface area contributed by atoms with Crippen molar-refractivity contribution in [2.75, 3.05) is 11.9 Å². The Labute approximate surface area is 150 Å². The Balaban J connectivity index is 1.73. The lowest BCUT2D eigenvalue weighted by Gasteiger charge is -2.15. The Morgan fingerprint density at radius 1 is 1.32 bits per heavy atom.